The molecule has 20 heavy (non-hydrogen) atoms. The van der Waals surface area contributed by atoms with E-state index in [9.17, 15) is 9.90 Å². The predicted molar refractivity (Wildman–Crippen MR) is 78.0 cm³/mol. The average Bonchev–Trinajstić information content (AvgIpc) is 2.99. The molecular formula is C16H20N2O2. The molecule has 1 aliphatic rings. The van der Waals surface area contributed by atoms with Gasteiger partial charge in [-0.2, -0.15) is 0 Å². The van der Waals surface area contributed by atoms with Gasteiger partial charge in [0.1, 0.15) is 11.5 Å². The molecule has 106 valence electrons. The van der Waals surface area contributed by atoms with Gasteiger partial charge in [0.05, 0.1) is 12.2 Å². The van der Waals surface area contributed by atoms with Crippen molar-refractivity contribution in [3.05, 3.63) is 53.6 Å². The Balaban J connectivity index is 0.000000704. The summed E-state index contributed by atoms with van der Waals surface area (Å²) < 4.78 is 1.86. The van der Waals surface area contributed by atoms with Crippen LogP contribution in [0, 0.1) is 5.92 Å². The minimum absolute atomic E-state index is 0.0785. The maximum absolute atomic E-state index is 11.2. The third-order valence-electron chi connectivity index (χ3n) is 3.56. The molecule has 1 aromatic carbocycles. The fourth-order valence-corrected chi connectivity index (χ4v) is 2.80. The predicted octanol–water partition coefficient (Wildman–Crippen LogP) is 3.39. The van der Waals surface area contributed by atoms with Gasteiger partial charge in [-0.1, -0.05) is 51.1 Å². The van der Waals surface area contributed by atoms with Gasteiger partial charge in [-0.3, -0.25) is 0 Å². The van der Waals surface area contributed by atoms with Gasteiger partial charge < -0.3 is 9.67 Å². The Morgan fingerprint density at radius 2 is 1.95 bits per heavy atom. The SMILES string of the molecule is CC.CC1Cc2ncc(C(=O)O)n2C1c1ccccc1. The summed E-state index contributed by atoms with van der Waals surface area (Å²) in [6, 6.07) is 10.1. The highest BCUT2D eigenvalue weighted by Crippen LogP contribution is 2.37. The molecule has 4 heteroatoms. The Kier molecular flexibility index (Phi) is 4.23. The number of hydrogen-bond donors (Lipinski definition) is 1. The molecule has 2 heterocycles. The summed E-state index contributed by atoms with van der Waals surface area (Å²) in [7, 11) is 0. The minimum atomic E-state index is -0.913. The van der Waals surface area contributed by atoms with Crippen molar-refractivity contribution in [2.45, 2.75) is 33.2 Å². The monoisotopic (exact) mass is 272 g/mol. The molecule has 2 atom stereocenters. The number of carboxylic acid groups (broad SMARTS) is 1. The van der Waals surface area contributed by atoms with Gasteiger partial charge >= 0.3 is 5.97 Å². The van der Waals surface area contributed by atoms with Gasteiger partial charge in [-0.25, -0.2) is 9.78 Å². The maximum atomic E-state index is 11.2. The third kappa shape index (κ3) is 2.33. The largest absolute Gasteiger partial charge is 0.477 e. The molecule has 0 saturated heterocycles. The van der Waals surface area contributed by atoms with E-state index >= 15 is 0 Å². The van der Waals surface area contributed by atoms with Crippen LogP contribution in [-0.4, -0.2) is 20.6 Å². The molecule has 0 bridgehead atoms. The summed E-state index contributed by atoms with van der Waals surface area (Å²) in [5, 5.41) is 9.23. The third-order valence-corrected chi connectivity index (χ3v) is 3.56. The molecule has 3 rings (SSSR count). The second-order valence-corrected chi connectivity index (χ2v) is 4.77. The van der Waals surface area contributed by atoms with Crippen LogP contribution in [-0.2, 0) is 6.42 Å². The van der Waals surface area contributed by atoms with Crippen molar-refractivity contribution in [1.29, 1.82) is 0 Å². The lowest BCUT2D eigenvalue weighted by atomic mass is 9.95. The normalized spacial score (nSPS) is 19.9. The highest BCUT2D eigenvalue weighted by molar-refractivity contribution is 5.85. The number of aromatic carboxylic acids is 1. The Hall–Kier alpha value is -2.10. The van der Waals surface area contributed by atoms with Crippen molar-refractivity contribution in [1.82, 2.24) is 9.55 Å². The Bertz CT molecular complexity index is 590. The lowest BCUT2D eigenvalue weighted by molar-refractivity contribution is 0.0683. The average molecular weight is 272 g/mol. The molecule has 4 nitrogen and oxygen atoms in total. The van der Waals surface area contributed by atoms with Gasteiger partial charge in [0, 0.05) is 6.42 Å². The zero-order valence-electron chi connectivity index (χ0n) is 12.1. The van der Waals surface area contributed by atoms with E-state index in [0.717, 1.165) is 17.8 Å². The highest BCUT2D eigenvalue weighted by Gasteiger charge is 2.34. The number of aromatic nitrogens is 2. The summed E-state index contributed by atoms with van der Waals surface area (Å²) in [5.74, 6) is 0.326. The van der Waals surface area contributed by atoms with Crippen molar-refractivity contribution in [3.63, 3.8) is 0 Å². The van der Waals surface area contributed by atoms with Crippen LogP contribution in [0.25, 0.3) is 0 Å². The van der Waals surface area contributed by atoms with Crippen molar-refractivity contribution in [3.8, 4) is 0 Å². The van der Waals surface area contributed by atoms with Gasteiger partial charge in [-0.15, -0.1) is 0 Å². The highest BCUT2D eigenvalue weighted by atomic mass is 16.4. The second-order valence-electron chi connectivity index (χ2n) is 4.77. The van der Waals surface area contributed by atoms with Crippen LogP contribution in [0.1, 0.15) is 48.7 Å². The van der Waals surface area contributed by atoms with Crippen LogP contribution in [0.4, 0.5) is 0 Å². The lowest BCUT2D eigenvalue weighted by Gasteiger charge is -2.19. The van der Waals surface area contributed by atoms with E-state index in [1.54, 1.807) is 0 Å². The van der Waals surface area contributed by atoms with Crippen molar-refractivity contribution < 1.29 is 9.90 Å². The molecule has 1 aliphatic heterocycles. The molecule has 0 saturated carbocycles. The molecular weight excluding hydrogens is 252 g/mol. The Morgan fingerprint density at radius 1 is 1.30 bits per heavy atom. The van der Waals surface area contributed by atoms with E-state index < -0.39 is 5.97 Å². The van der Waals surface area contributed by atoms with Gasteiger partial charge in [0.2, 0.25) is 0 Å². The zero-order chi connectivity index (χ0) is 14.7. The fraction of sp³-hybridized carbons (Fsp3) is 0.375. The van der Waals surface area contributed by atoms with Crippen molar-refractivity contribution in [2.24, 2.45) is 5.92 Å². The number of fused-ring (bicyclic) bond motifs is 1. The van der Waals surface area contributed by atoms with Crippen LogP contribution in [0.3, 0.4) is 0 Å². The standard InChI is InChI=1S/C14H14N2O2.C2H6/c1-9-7-12-15-8-11(14(17)18)16(12)13(9)10-5-3-2-4-6-10;1-2/h2-6,8-9,13H,7H2,1H3,(H,17,18);1-2H3. The van der Waals surface area contributed by atoms with E-state index in [4.69, 9.17) is 0 Å². The molecule has 0 aliphatic carbocycles. The number of benzene rings is 1. The molecule has 1 N–H and O–H groups in total. The first-order valence-corrected chi connectivity index (χ1v) is 7.03. The summed E-state index contributed by atoms with van der Waals surface area (Å²) in [6.07, 6.45) is 2.28. The smallest absolute Gasteiger partial charge is 0.354 e. The molecule has 2 aromatic rings. The second kappa shape index (κ2) is 5.90. The molecule has 0 amide bonds. The molecule has 0 spiro atoms. The van der Waals surface area contributed by atoms with E-state index in [1.807, 2.05) is 48.7 Å². The van der Waals surface area contributed by atoms with E-state index in [0.29, 0.717) is 5.92 Å². The van der Waals surface area contributed by atoms with Gasteiger partial charge in [-0.05, 0) is 11.5 Å². The maximum Gasteiger partial charge on any atom is 0.354 e. The fourth-order valence-electron chi connectivity index (χ4n) is 2.80. The van der Waals surface area contributed by atoms with E-state index in [1.165, 1.54) is 6.20 Å². The number of rotatable bonds is 2. The van der Waals surface area contributed by atoms with Crippen LogP contribution in [0.5, 0.6) is 0 Å². The van der Waals surface area contributed by atoms with Crippen LogP contribution in [0.15, 0.2) is 36.5 Å². The summed E-state index contributed by atoms with van der Waals surface area (Å²) >= 11 is 0. The molecule has 0 radical (unpaired) electrons. The lowest BCUT2D eigenvalue weighted by Crippen LogP contribution is -2.16. The number of nitrogens with zero attached hydrogens (tertiary/aromatic N) is 2. The number of carboxylic acids is 1. The topological polar surface area (TPSA) is 55.1 Å². The van der Waals surface area contributed by atoms with E-state index in [-0.39, 0.29) is 11.7 Å². The minimum Gasteiger partial charge on any atom is -0.477 e. The Labute approximate surface area is 119 Å². The molecule has 2 unspecified atom stereocenters. The zero-order valence-corrected chi connectivity index (χ0v) is 12.1. The quantitative estimate of drug-likeness (QED) is 0.911. The summed E-state index contributed by atoms with van der Waals surface area (Å²) in [4.78, 5) is 15.5. The first kappa shape index (κ1) is 14.3. The van der Waals surface area contributed by atoms with Crippen LogP contribution >= 0.6 is 0 Å². The summed E-state index contributed by atoms with van der Waals surface area (Å²) in [5.41, 5.74) is 1.42. The van der Waals surface area contributed by atoms with Gasteiger partial charge in [0.25, 0.3) is 0 Å². The molecule has 1 aromatic heterocycles. The van der Waals surface area contributed by atoms with Crippen molar-refractivity contribution >= 4 is 5.97 Å². The van der Waals surface area contributed by atoms with Crippen LogP contribution in [0.2, 0.25) is 0 Å². The summed E-state index contributed by atoms with van der Waals surface area (Å²) in [6.45, 7) is 6.14. The first-order valence-electron chi connectivity index (χ1n) is 7.03. The van der Waals surface area contributed by atoms with Gasteiger partial charge in [0.15, 0.2) is 0 Å². The number of hydrogen-bond acceptors (Lipinski definition) is 2. The van der Waals surface area contributed by atoms with Crippen LogP contribution < -0.4 is 0 Å². The van der Waals surface area contributed by atoms with Crippen molar-refractivity contribution in [2.75, 3.05) is 0 Å². The number of imidazole rings is 1. The van der Waals surface area contributed by atoms with E-state index in [2.05, 4.69) is 11.9 Å². The Morgan fingerprint density at radius 3 is 2.55 bits per heavy atom. The number of carbonyl (C=O) groups is 1. The first-order chi connectivity index (χ1) is 9.68. The molecule has 0 fully saturated rings.